The van der Waals surface area contributed by atoms with E-state index in [0.29, 0.717) is 27.3 Å². The molecule has 0 bridgehead atoms. The minimum absolute atomic E-state index is 0.00329. The monoisotopic (exact) mass is 356 g/mol. The largest absolute Gasteiger partial charge is 0.395 e. The van der Waals surface area contributed by atoms with Crippen LogP contribution < -0.4 is 10.9 Å². The molecule has 0 radical (unpaired) electrons. The fourth-order valence-electron chi connectivity index (χ4n) is 2.68. The van der Waals surface area contributed by atoms with E-state index in [0.717, 1.165) is 11.1 Å². The predicted molar refractivity (Wildman–Crippen MR) is 96.1 cm³/mol. The SMILES string of the molecule is O=c1c2sc3nccc(NCCO)c3c2ncn1-c1ccc(F)cc1. The number of anilines is 1. The van der Waals surface area contributed by atoms with Gasteiger partial charge in [0.1, 0.15) is 21.7 Å². The third-order valence-electron chi connectivity index (χ3n) is 3.81. The summed E-state index contributed by atoms with van der Waals surface area (Å²) in [7, 11) is 0. The molecule has 8 heteroatoms. The van der Waals surface area contributed by atoms with Crippen LogP contribution in [0, 0.1) is 5.82 Å². The number of hydrogen-bond donors (Lipinski definition) is 2. The molecule has 0 fully saturated rings. The number of halogens is 1. The van der Waals surface area contributed by atoms with Crippen LogP contribution in [0.5, 0.6) is 0 Å². The molecule has 4 rings (SSSR count). The van der Waals surface area contributed by atoms with Gasteiger partial charge in [-0.05, 0) is 30.3 Å². The molecule has 0 saturated heterocycles. The van der Waals surface area contributed by atoms with Gasteiger partial charge in [0, 0.05) is 18.4 Å². The summed E-state index contributed by atoms with van der Waals surface area (Å²) in [5.41, 5.74) is 1.66. The zero-order chi connectivity index (χ0) is 17.4. The first-order valence-electron chi connectivity index (χ1n) is 7.58. The van der Waals surface area contributed by atoms with Crippen molar-refractivity contribution in [3.05, 3.63) is 59.0 Å². The van der Waals surface area contributed by atoms with Crippen molar-refractivity contribution >= 4 is 37.5 Å². The zero-order valence-electron chi connectivity index (χ0n) is 12.9. The van der Waals surface area contributed by atoms with Crippen molar-refractivity contribution < 1.29 is 9.50 Å². The Labute approximate surface area is 145 Å². The summed E-state index contributed by atoms with van der Waals surface area (Å²) >= 11 is 1.26. The van der Waals surface area contributed by atoms with E-state index < -0.39 is 0 Å². The minimum Gasteiger partial charge on any atom is -0.395 e. The molecule has 25 heavy (non-hydrogen) atoms. The third-order valence-corrected chi connectivity index (χ3v) is 4.89. The predicted octanol–water partition coefficient (Wildman–Crippen LogP) is 2.54. The molecular weight excluding hydrogens is 343 g/mol. The quantitative estimate of drug-likeness (QED) is 0.587. The molecule has 0 unspecified atom stereocenters. The average Bonchev–Trinajstić information content (AvgIpc) is 3.01. The number of hydrogen-bond acceptors (Lipinski definition) is 6. The van der Waals surface area contributed by atoms with E-state index in [1.165, 1.54) is 46.5 Å². The molecule has 0 spiro atoms. The highest BCUT2D eigenvalue weighted by atomic mass is 32.1. The van der Waals surface area contributed by atoms with Crippen molar-refractivity contribution in [1.82, 2.24) is 14.5 Å². The maximum Gasteiger partial charge on any atom is 0.275 e. The van der Waals surface area contributed by atoms with Gasteiger partial charge in [0.05, 0.1) is 23.2 Å². The van der Waals surface area contributed by atoms with Gasteiger partial charge in [-0.3, -0.25) is 9.36 Å². The lowest BCUT2D eigenvalue weighted by atomic mass is 10.2. The molecule has 3 aromatic heterocycles. The maximum atomic E-state index is 13.1. The Bertz CT molecular complexity index is 1120. The Morgan fingerprint density at radius 2 is 2.00 bits per heavy atom. The van der Waals surface area contributed by atoms with Gasteiger partial charge in [-0.25, -0.2) is 14.4 Å². The fourth-order valence-corrected chi connectivity index (χ4v) is 3.73. The standard InChI is InChI=1S/C17H13FN4O2S/c18-10-1-3-11(4-2-10)22-9-21-14-13-12(19-7-8-23)5-6-20-16(13)25-15(14)17(22)24/h1-6,9,23H,7-8H2,(H,19,20). The first kappa shape index (κ1) is 15.7. The molecule has 4 aromatic rings. The summed E-state index contributed by atoms with van der Waals surface area (Å²) in [6.07, 6.45) is 3.09. The van der Waals surface area contributed by atoms with Gasteiger partial charge in [0.25, 0.3) is 5.56 Å². The van der Waals surface area contributed by atoms with Crippen LogP contribution in [-0.2, 0) is 0 Å². The number of fused-ring (bicyclic) bond motifs is 3. The number of nitrogens with one attached hydrogen (secondary N) is 1. The van der Waals surface area contributed by atoms with Crippen molar-refractivity contribution in [1.29, 1.82) is 0 Å². The van der Waals surface area contributed by atoms with Crippen molar-refractivity contribution in [3.8, 4) is 5.69 Å². The number of aliphatic hydroxyl groups excluding tert-OH is 1. The van der Waals surface area contributed by atoms with Crippen molar-refractivity contribution in [2.24, 2.45) is 0 Å². The van der Waals surface area contributed by atoms with Gasteiger partial charge in [-0.1, -0.05) is 0 Å². The molecule has 126 valence electrons. The Morgan fingerprint density at radius 3 is 2.76 bits per heavy atom. The number of pyridine rings is 1. The van der Waals surface area contributed by atoms with E-state index in [2.05, 4.69) is 15.3 Å². The van der Waals surface area contributed by atoms with Crippen LogP contribution in [0.25, 0.3) is 26.1 Å². The Kier molecular flexibility index (Phi) is 3.90. The van der Waals surface area contributed by atoms with E-state index >= 15 is 0 Å². The number of aliphatic hydroxyl groups is 1. The second-order valence-electron chi connectivity index (χ2n) is 5.36. The molecule has 2 N–H and O–H groups in total. The van der Waals surface area contributed by atoms with E-state index in [1.807, 2.05) is 0 Å². The molecule has 0 saturated carbocycles. The van der Waals surface area contributed by atoms with Gasteiger partial charge in [0.2, 0.25) is 0 Å². The van der Waals surface area contributed by atoms with Crippen LogP contribution in [0.2, 0.25) is 0 Å². The highest BCUT2D eigenvalue weighted by Crippen LogP contribution is 2.34. The fraction of sp³-hybridized carbons (Fsp3) is 0.118. The summed E-state index contributed by atoms with van der Waals surface area (Å²) < 4.78 is 15.0. The molecule has 0 amide bonds. The molecule has 1 aromatic carbocycles. The first-order chi connectivity index (χ1) is 12.2. The smallest absolute Gasteiger partial charge is 0.275 e. The van der Waals surface area contributed by atoms with E-state index in [4.69, 9.17) is 5.11 Å². The molecule has 0 atom stereocenters. The zero-order valence-corrected chi connectivity index (χ0v) is 13.8. The highest BCUT2D eigenvalue weighted by molar-refractivity contribution is 7.25. The topological polar surface area (TPSA) is 80.0 Å². The molecule has 0 aliphatic rings. The van der Waals surface area contributed by atoms with Crippen LogP contribution >= 0.6 is 11.3 Å². The van der Waals surface area contributed by atoms with Gasteiger partial charge >= 0.3 is 0 Å². The summed E-state index contributed by atoms with van der Waals surface area (Å²) in [5, 5.41) is 12.9. The van der Waals surface area contributed by atoms with E-state index in [9.17, 15) is 9.18 Å². The number of aromatic nitrogens is 3. The lowest BCUT2D eigenvalue weighted by Crippen LogP contribution is -2.17. The summed E-state index contributed by atoms with van der Waals surface area (Å²) in [4.78, 5) is 22.3. The van der Waals surface area contributed by atoms with E-state index in [1.54, 1.807) is 12.3 Å². The van der Waals surface area contributed by atoms with Crippen molar-refractivity contribution in [2.45, 2.75) is 0 Å². The van der Waals surface area contributed by atoms with Gasteiger partial charge < -0.3 is 10.4 Å². The summed E-state index contributed by atoms with van der Waals surface area (Å²) in [5.74, 6) is -0.364. The summed E-state index contributed by atoms with van der Waals surface area (Å²) in [6.45, 7) is 0.389. The van der Waals surface area contributed by atoms with Gasteiger partial charge in [-0.2, -0.15) is 0 Å². The van der Waals surface area contributed by atoms with E-state index in [-0.39, 0.29) is 18.0 Å². The molecule has 0 aliphatic carbocycles. The molecule has 6 nitrogen and oxygen atoms in total. The lowest BCUT2D eigenvalue weighted by molar-refractivity contribution is 0.311. The van der Waals surface area contributed by atoms with Crippen LogP contribution in [0.15, 0.2) is 47.7 Å². The normalized spacial score (nSPS) is 11.3. The number of benzene rings is 1. The Balaban J connectivity index is 1.95. The number of nitrogens with zero attached hydrogens (tertiary/aromatic N) is 3. The lowest BCUT2D eigenvalue weighted by Gasteiger charge is -2.06. The van der Waals surface area contributed by atoms with Crippen LogP contribution in [0.4, 0.5) is 10.1 Å². The minimum atomic E-state index is -0.364. The second-order valence-corrected chi connectivity index (χ2v) is 6.36. The molecule has 0 aliphatic heterocycles. The third kappa shape index (κ3) is 2.65. The first-order valence-corrected chi connectivity index (χ1v) is 8.40. The van der Waals surface area contributed by atoms with Crippen LogP contribution in [0.1, 0.15) is 0 Å². The highest BCUT2D eigenvalue weighted by Gasteiger charge is 2.16. The second kappa shape index (κ2) is 6.23. The molecular formula is C17H13FN4O2S. The van der Waals surface area contributed by atoms with Crippen LogP contribution in [0.3, 0.4) is 0 Å². The number of thiophene rings is 1. The molecule has 3 heterocycles. The number of rotatable bonds is 4. The Hall–Kier alpha value is -2.84. The Morgan fingerprint density at radius 1 is 1.20 bits per heavy atom. The van der Waals surface area contributed by atoms with Gasteiger partial charge in [-0.15, -0.1) is 11.3 Å². The maximum absolute atomic E-state index is 13.1. The van der Waals surface area contributed by atoms with Crippen LogP contribution in [-0.4, -0.2) is 32.8 Å². The average molecular weight is 356 g/mol. The van der Waals surface area contributed by atoms with Crippen molar-refractivity contribution in [2.75, 3.05) is 18.5 Å². The summed E-state index contributed by atoms with van der Waals surface area (Å²) in [6, 6.07) is 7.45. The van der Waals surface area contributed by atoms with Crippen molar-refractivity contribution in [3.63, 3.8) is 0 Å². The van der Waals surface area contributed by atoms with Gasteiger partial charge in [0.15, 0.2) is 0 Å².